The second-order valence-corrected chi connectivity index (χ2v) is 7.18. The van der Waals surface area contributed by atoms with Crippen molar-refractivity contribution in [3.8, 4) is 0 Å². The number of benzene rings is 1. The van der Waals surface area contributed by atoms with E-state index in [1.54, 1.807) is 11.1 Å². The highest BCUT2D eigenvalue weighted by Crippen LogP contribution is 2.34. The summed E-state index contributed by atoms with van der Waals surface area (Å²) in [6, 6.07) is 12.3. The van der Waals surface area contributed by atoms with Gasteiger partial charge in [-0.05, 0) is 43.0 Å². The van der Waals surface area contributed by atoms with Gasteiger partial charge in [0.2, 0.25) is 0 Å². The molecule has 2 fully saturated rings. The number of anilines is 2. The van der Waals surface area contributed by atoms with Crippen LogP contribution in [0.15, 0.2) is 55.0 Å². The van der Waals surface area contributed by atoms with Crippen LogP contribution in [0.25, 0.3) is 5.65 Å². The van der Waals surface area contributed by atoms with Gasteiger partial charge < -0.3 is 14.0 Å². The van der Waals surface area contributed by atoms with Gasteiger partial charge in [-0.1, -0.05) is 12.1 Å². The van der Waals surface area contributed by atoms with Crippen molar-refractivity contribution in [1.29, 1.82) is 0 Å². The maximum Gasteiger partial charge on any atom is 0.415 e. The molecule has 1 atom stereocenters. The third-order valence-electron chi connectivity index (χ3n) is 5.53. The summed E-state index contributed by atoms with van der Waals surface area (Å²) in [5.74, 6) is 0. The number of nitrogens with zero attached hydrogens (tertiary/aromatic N) is 4. The Balaban J connectivity index is 1.43. The van der Waals surface area contributed by atoms with Crippen LogP contribution in [0.3, 0.4) is 0 Å². The zero-order chi connectivity index (χ0) is 18.2. The number of fused-ring (bicyclic) bond motifs is 1. The van der Waals surface area contributed by atoms with Crippen molar-refractivity contribution in [2.24, 2.45) is 0 Å². The van der Waals surface area contributed by atoms with Crippen molar-refractivity contribution in [3.05, 3.63) is 60.6 Å². The molecule has 0 saturated carbocycles. The van der Waals surface area contributed by atoms with Crippen LogP contribution in [0.5, 0.6) is 0 Å². The van der Waals surface area contributed by atoms with Gasteiger partial charge in [-0.2, -0.15) is 0 Å². The Hall–Kier alpha value is -3.02. The van der Waals surface area contributed by atoms with Crippen LogP contribution in [-0.2, 0) is 4.74 Å². The molecule has 0 bridgehead atoms. The van der Waals surface area contributed by atoms with Crippen molar-refractivity contribution in [1.82, 2.24) is 9.38 Å². The fraction of sp³-hybridized carbons (Fsp3) is 0.333. The molecule has 0 aliphatic carbocycles. The van der Waals surface area contributed by atoms with E-state index in [0.717, 1.165) is 30.0 Å². The first-order chi connectivity index (χ1) is 13.3. The van der Waals surface area contributed by atoms with Gasteiger partial charge in [0.25, 0.3) is 0 Å². The summed E-state index contributed by atoms with van der Waals surface area (Å²) in [7, 11) is 0. The van der Waals surface area contributed by atoms with E-state index >= 15 is 0 Å². The monoisotopic (exact) mass is 362 g/mol. The maximum atomic E-state index is 12.4. The zero-order valence-corrected chi connectivity index (χ0v) is 15.1. The largest absolute Gasteiger partial charge is 0.447 e. The molecule has 6 heteroatoms. The number of carbonyl (C=O) groups excluding carboxylic acids is 1. The fourth-order valence-electron chi connectivity index (χ4n) is 4.06. The molecule has 4 heterocycles. The molecular formula is C21H22N4O2. The van der Waals surface area contributed by atoms with Crippen LogP contribution in [0.1, 0.15) is 30.9 Å². The van der Waals surface area contributed by atoms with E-state index in [-0.39, 0.29) is 12.1 Å². The van der Waals surface area contributed by atoms with Gasteiger partial charge in [0.05, 0.1) is 11.7 Å². The number of ether oxygens (including phenoxy) is 1. The number of hydrogen-bond donors (Lipinski definition) is 0. The summed E-state index contributed by atoms with van der Waals surface area (Å²) >= 11 is 0. The Bertz CT molecular complexity index is 960. The van der Waals surface area contributed by atoms with Crippen molar-refractivity contribution < 1.29 is 9.53 Å². The minimum atomic E-state index is -0.309. The number of carbonyl (C=O) groups is 1. The smallest absolute Gasteiger partial charge is 0.415 e. The lowest BCUT2D eigenvalue weighted by Crippen LogP contribution is -2.29. The topological polar surface area (TPSA) is 50.1 Å². The van der Waals surface area contributed by atoms with E-state index in [9.17, 15) is 4.79 Å². The van der Waals surface area contributed by atoms with Gasteiger partial charge in [-0.3, -0.25) is 4.90 Å². The van der Waals surface area contributed by atoms with Crippen LogP contribution in [-0.4, -0.2) is 35.2 Å². The molecule has 2 aliphatic rings. The predicted molar refractivity (Wildman–Crippen MR) is 104 cm³/mol. The van der Waals surface area contributed by atoms with E-state index in [1.807, 2.05) is 28.9 Å². The number of aromatic nitrogens is 2. The highest BCUT2D eigenvalue weighted by atomic mass is 16.6. The first-order valence-corrected chi connectivity index (χ1v) is 9.53. The molecule has 138 valence electrons. The van der Waals surface area contributed by atoms with Crippen LogP contribution in [0, 0.1) is 0 Å². The highest BCUT2D eigenvalue weighted by molar-refractivity contribution is 5.91. The van der Waals surface area contributed by atoms with E-state index in [1.165, 1.54) is 24.9 Å². The minimum absolute atomic E-state index is 0.120. The molecule has 1 amide bonds. The van der Waals surface area contributed by atoms with E-state index in [4.69, 9.17) is 4.74 Å². The van der Waals surface area contributed by atoms with Gasteiger partial charge in [0.15, 0.2) is 0 Å². The van der Waals surface area contributed by atoms with Gasteiger partial charge in [-0.25, -0.2) is 9.78 Å². The van der Waals surface area contributed by atoms with Crippen LogP contribution < -0.4 is 9.80 Å². The SMILES string of the molecule is O=C1OCC(c2ccc(N3CCCCC3)cc2)N1c1ccn2ccnc2c1. The van der Waals surface area contributed by atoms with Gasteiger partial charge in [-0.15, -0.1) is 0 Å². The second-order valence-electron chi connectivity index (χ2n) is 7.18. The first kappa shape index (κ1) is 16.2. The zero-order valence-electron chi connectivity index (χ0n) is 15.1. The maximum absolute atomic E-state index is 12.4. The fourth-order valence-corrected chi connectivity index (χ4v) is 4.06. The predicted octanol–water partition coefficient (Wildman–Crippen LogP) is 4.02. The number of pyridine rings is 1. The lowest BCUT2D eigenvalue weighted by atomic mass is 10.0. The summed E-state index contributed by atoms with van der Waals surface area (Å²) in [5, 5.41) is 0. The quantitative estimate of drug-likeness (QED) is 0.706. The molecule has 27 heavy (non-hydrogen) atoms. The summed E-state index contributed by atoms with van der Waals surface area (Å²) in [6.45, 7) is 2.61. The molecule has 2 saturated heterocycles. The normalized spacial score (nSPS) is 20.3. The average molecular weight is 362 g/mol. The van der Waals surface area contributed by atoms with E-state index in [2.05, 4.69) is 34.1 Å². The number of cyclic esters (lactones) is 1. The summed E-state index contributed by atoms with van der Waals surface area (Å²) in [6.07, 6.45) is 9.09. The van der Waals surface area contributed by atoms with E-state index in [0.29, 0.717) is 6.61 Å². The molecule has 0 N–H and O–H groups in total. The molecule has 2 aromatic heterocycles. The second kappa shape index (κ2) is 6.61. The Morgan fingerprint density at radius 1 is 0.963 bits per heavy atom. The molecular weight excluding hydrogens is 340 g/mol. The summed E-state index contributed by atoms with van der Waals surface area (Å²) < 4.78 is 7.30. The summed E-state index contributed by atoms with van der Waals surface area (Å²) in [4.78, 5) is 20.9. The minimum Gasteiger partial charge on any atom is -0.447 e. The standard InChI is InChI=1S/C21H22N4O2/c26-21-25(18-8-12-24-13-9-22-20(24)14-18)19(15-27-21)16-4-6-17(7-5-16)23-10-2-1-3-11-23/h4-9,12-14,19H,1-3,10-11,15H2. The Morgan fingerprint density at radius 2 is 1.78 bits per heavy atom. The third-order valence-corrected chi connectivity index (χ3v) is 5.53. The van der Waals surface area contributed by atoms with Crippen molar-refractivity contribution in [2.45, 2.75) is 25.3 Å². The van der Waals surface area contributed by atoms with Crippen molar-refractivity contribution in [2.75, 3.05) is 29.5 Å². The Morgan fingerprint density at radius 3 is 2.59 bits per heavy atom. The molecule has 1 unspecified atom stereocenters. The van der Waals surface area contributed by atoms with Crippen molar-refractivity contribution >= 4 is 23.1 Å². The Kier molecular flexibility index (Phi) is 3.96. The van der Waals surface area contributed by atoms with Crippen LogP contribution in [0.2, 0.25) is 0 Å². The van der Waals surface area contributed by atoms with Gasteiger partial charge in [0, 0.05) is 43.4 Å². The first-order valence-electron chi connectivity index (χ1n) is 9.53. The number of imidazole rings is 1. The number of rotatable bonds is 3. The molecule has 0 radical (unpaired) electrons. The average Bonchev–Trinajstić information content (AvgIpc) is 3.34. The molecule has 3 aromatic rings. The summed E-state index contributed by atoms with van der Waals surface area (Å²) in [5.41, 5.74) is 3.96. The lowest BCUT2D eigenvalue weighted by Gasteiger charge is -2.29. The van der Waals surface area contributed by atoms with E-state index < -0.39 is 0 Å². The molecule has 0 spiro atoms. The lowest BCUT2D eigenvalue weighted by molar-refractivity contribution is 0.179. The Labute approximate surface area is 158 Å². The van der Waals surface area contributed by atoms with Crippen molar-refractivity contribution in [3.63, 3.8) is 0 Å². The molecule has 5 rings (SSSR count). The van der Waals surface area contributed by atoms with Gasteiger partial charge >= 0.3 is 6.09 Å². The van der Waals surface area contributed by atoms with Gasteiger partial charge in [0.1, 0.15) is 12.3 Å². The highest BCUT2D eigenvalue weighted by Gasteiger charge is 2.35. The number of piperidine rings is 1. The van der Waals surface area contributed by atoms with Crippen LogP contribution >= 0.6 is 0 Å². The number of amides is 1. The molecule has 2 aliphatic heterocycles. The molecule has 6 nitrogen and oxygen atoms in total. The number of hydrogen-bond acceptors (Lipinski definition) is 4. The third kappa shape index (κ3) is 2.91. The molecule has 1 aromatic carbocycles. The van der Waals surface area contributed by atoms with Crippen LogP contribution in [0.4, 0.5) is 16.2 Å².